The second kappa shape index (κ2) is 6.23. The normalized spacial score (nSPS) is 19.6. The van der Waals surface area contributed by atoms with Crippen LogP contribution in [0.1, 0.15) is 31.7 Å². The first-order valence-electron chi connectivity index (χ1n) is 6.48. The highest BCUT2D eigenvalue weighted by Gasteiger charge is 2.19. The van der Waals surface area contributed by atoms with Crippen LogP contribution in [0.4, 0.5) is 0 Å². The lowest BCUT2D eigenvalue weighted by atomic mass is 9.76. The standard InChI is InChI=1S/C13H19BO4/c1-2-10-6-7-11(9-12(10)14(15)16)18-13-5-3-4-8-17-13/h6-7,9,13,15-16H,2-5,8H2,1H3. The largest absolute Gasteiger partial charge is 0.488 e. The topological polar surface area (TPSA) is 58.9 Å². The van der Waals surface area contributed by atoms with E-state index in [4.69, 9.17) is 9.47 Å². The highest BCUT2D eigenvalue weighted by molar-refractivity contribution is 6.59. The number of ether oxygens (including phenoxy) is 2. The van der Waals surface area contributed by atoms with Crippen LogP contribution >= 0.6 is 0 Å². The van der Waals surface area contributed by atoms with E-state index in [-0.39, 0.29) is 6.29 Å². The summed E-state index contributed by atoms with van der Waals surface area (Å²) in [6.45, 7) is 2.71. The molecule has 0 saturated carbocycles. The molecule has 1 saturated heterocycles. The molecule has 1 aliphatic heterocycles. The second-order valence-corrected chi connectivity index (χ2v) is 4.50. The predicted molar refractivity (Wildman–Crippen MR) is 69.9 cm³/mol. The second-order valence-electron chi connectivity index (χ2n) is 4.50. The molecule has 5 heteroatoms. The summed E-state index contributed by atoms with van der Waals surface area (Å²) in [5, 5.41) is 18.7. The van der Waals surface area contributed by atoms with Gasteiger partial charge in [0, 0.05) is 6.42 Å². The van der Waals surface area contributed by atoms with E-state index in [9.17, 15) is 10.0 Å². The van der Waals surface area contributed by atoms with Gasteiger partial charge in [-0.25, -0.2) is 0 Å². The van der Waals surface area contributed by atoms with Crippen molar-refractivity contribution in [2.75, 3.05) is 6.61 Å². The van der Waals surface area contributed by atoms with Crippen molar-refractivity contribution in [2.45, 2.75) is 38.9 Å². The van der Waals surface area contributed by atoms with Crippen LogP contribution in [0.25, 0.3) is 0 Å². The third-order valence-electron chi connectivity index (χ3n) is 3.18. The minimum Gasteiger partial charge on any atom is -0.465 e. The van der Waals surface area contributed by atoms with Crippen molar-refractivity contribution in [3.63, 3.8) is 0 Å². The summed E-state index contributed by atoms with van der Waals surface area (Å²) in [6, 6.07) is 5.40. The number of hydrogen-bond acceptors (Lipinski definition) is 4. The highest BCUT2D eigenvalue weighted by atomic mass is 16.7. The molecular weight excluding hydrogens is 231 g/mol. The Balaban J connectivity index is 2.10. The Labute approximate surface area is 108 Å². The fourth-order valence-corrected chi connectivity index (χ4v) is 2.16. The minimum atomic E-state index is -1.46. The first-order valence-corrected chi connectivity index (χ1v) is 6.48. The van der Waals surface area contributed by atoms with E-state index < -0.39 is 7.12 Å². The molecule has 1 heterocycles. The van der Waals surface area contributed by atoms with E-state index in [2.05, 4.69) is 0 Å². The molecule has 0 bridgehead atoms. The van der Waals surface area contributed by atoms with E-state index in [0.29, 0.717) is 11.2 Å². The zero-order valence-corrected chi connectivity index (χ0v) is 10.6. The van der Waals surface area contributed by atoms with Crippen molar-refractivity contribution in [3.05, 3.63) is 23.8 Å². The fourth-order valence-electron chi connectivity index (χ4n) is 2.16. The van der Waals surface area contributed by atoms with Gasteiger partial charge in [-0.2, -0.15) is 0 Å². The van der Waals surface area contributed by atoms with Crippen molar-refractivity contribution < 1.29 is 19.5 Å². The SMILES string of the molecule is CCc1ccc(OC2CCCCO2)cc1B(O)O. The van der Waals surface area contributed by atoms with Crippen molar-refractivity contribution in [1.29, 1.82) is 0 Å². The molecule has 1 aromatic rings. The van der Waals surface area contributed by atoms with Gasteiger partial charge >= 0.3 is 7.12 Å². The third kappa shape index (κ3) is 3.25. The van der Waals surface area contributed by atoms with Gasteiger partial charge in [0.25, 0.3) is 0 Å². The fraction of sp³-hybridized carbons (Fsp3) is 0.538. The zero-order valence-electron chi connectivity index (χ0n) is 10.6. The van der Waals surface area contributed by atoms with E-state index in [0.717, 1.165) is 37.9 Å². The first kappa shape index (κ1) is 13.4. The summed E-state index contributed by atoms with van der Waals surface area (Å²) in [5.41, 5.74) is 1.42. The molecule has 1 unspecified atom stereocenters. The van der Waals surface area contributed by atoms with Gasteiger partial charge in [-0.3, -0.25) is 0 Å². The van der Waals surface area contributed by atoms with Crippen molar-refractivity contribution >= 4 is 12.6 Å². The lowest BCUT2D eigenvalue weighted by molar-refractivity contribution is -0.105. The molecule has 18 heavy (non-hydrogen) atoms. The molecule has 0 amide bonds. The summed E-state index contributed by atoms with van der Waals surface area (Å²) < 4.78 is 11.2. The predicted octanol–water partition coefficient (Wildman–Crippen LogP) is 0.834. The minimum absolute atomic E-state index is 0.213. The Hall–Kier alpha value is -1.04. The molecule has 0 aliphatic carbocycles. The highest BCUT2D eigenvalue weighted by Crippen LogP contribution is 2.19. The average Bonchev–Trinajstić information content (AvgIpc) is 2.40. The monoisotopic (exact) mass is 250 g/mol. The number of hydrogen-bond donors (Lipinski definition) is 2. The molecule has 1 aromatic carbocycles. The molecule has 1 fully saturated rings. The van der Waals surface area contributed by atoms with Crippen LogP contribution in [0.2, 0.25) is 0 Å². The molecule has 1 atom stereocenters. The summed E-state index contributed by atoms with van der Waals surface area (Å²) in [5.74, 6) is 0.627. The van der Waals surface area contributed by atoms with Gasteiger partial charge < -0.3 is 19.5 Å². The molecule has 2 rings (SSSR count). The summed E-state index contributed by atoms with van der Waals surface area (Å²) in [4.78, 5) is 0. The number of aryl methyl sites for hydroxylation is 1. The van der Waals surface area contributed by atoms with Gasteiger partial charge in [0.15, 0.2) is 6.29 Å². The van der Waals surface area contributed by atoms with Crippen LogP contribution in [0.5, 0.6) is 5.75 Å². The van der Waals surface area contributed by atoms with Crippen LogP contribution in [-0.2, 0) is 11.2 Å². The lowest BCUT2D eigenvalue weighted by Gasteiger charge is -2.24. The van der Waals surface area contributed by atoms with E-state index in [1.165, 1.54) is 0 Å². The molecule has 0 spiro atoms. The maximum atomic E-state index is 9.33. The summed E-state index contributed by atoms with van der Waals surface area (Å²) >= 11 is 0. The van der Waals surface area contributed by atoms with Gasteiger partial charge in [-0.05, 0) is 42.4 Å². The van der Waals surface area contributed by atoms with Crippen LogP contribution in [-0.4, -0.2) is 30.1 Å². The molecule has 0 radical (unpaired) electrons. The van der Waals surface area contributed by atoms with E-state index in [1.54, 1.807) is 6.07 Å². The van der Waals surface area contributed by atoms with Gasteiger partial charge in [0.2, 0.25) is 0 Å². The molecule has 4 nitrogen and oxygen atoms in total. The van der Waals surface area contributed by atoms with Crippen LogP contribution in [0.3, 0.4) is 0 Å². The zero-order chi connectivity index (χ0) is 13.0. The molecule has 1 aliphatic rings. The van der Waals surface area contributed by atoms with Crippen LogP contribution in [0.15, 0.2) is 18.2 Å². The quantitative estimate of drug-likeness (QED) is 0.777. The number of benzene rings is 1. The lowest BCUT2D eigenvalue weighted by Crippen LogP contribution is -2.33. The molecule has 98 valence electrons. The average molecular weight is 250 g/mol. The first-order chi connectivity index (χ1) is 8.70. The van der Waals surface area contributed by atoms with E-state index in [1.807, 2.05) is 19.1 Å². The maximum absolute atomic E-state index is 9.33. The van der Waals surface area contributed by atoms with Crippen molar-refractivity contribution in [1.82, 2.24) is 0 Å². The molecular formula is C13H19BO4. The molecule has 0 aromatic heterocycles. The third-order valence-corrected chi connectivity index (χ3v) is 3.18. The van der Waals surface area contributed by atoms with Gasteiger partial charge in [0.1, 0.15) is 5.75 Å². The van der Waals surface area contributed by atoms with Gasteiger partial charge in [0.05, 0.1) is 6.61 Å². The van der Waals surface area contributed by atoms with Gasteiger partial charge in [-0.15, -0.1) is 0 Å². The van der Waals surface area contributed by atoms with Crippen LogP contribution in [0, 0.1) is 0 Å². The maximum Gasteiger partial charge on any atom is 0.488 e. The number of rotatable bonds is 4. The summed E-state index contributed by atoms with van der Waals surface area (Å²) in [6.07, 6.45) is 3.61. The Kier molecular flexibility index (Phi) is 4.63. The molecule has 2 N–H and O–H groups in total. The Morgan fingerprint density at radius 2 is 2.22 bits per heavy atom. The van der Waals surface area contributed by atoms with Crippen molar-refractivity contribution in [2.24, 2.45) is 0 Å². The van der Waals surface area contributed by atoms with E-state index >= 15 is 0 Å². The van der Waals surface area contributed by atoms with Gasteiger partial charge in [-0.1, -0.05) is 13.0 Å². The Bertz CT molecular complexity index is 389. The Morgan fingerprint density at radius 3 is 2.83 bits per heavy atom. The van der Waals surface area contributed by atoms with Crippen LogP contribution < -0.4 is 10.2 Å². The Morgan fingerprint density at radius 1 is 1.39 bits per heavy atom. The smallest absolute Gasteiger partial charge is 0.465 e. The van der Waals surface area contributed by atoms with Crippen molar-refractivity contribution in [3.8, 4) is 5.75 Å². The summed E-state index contributed by atoms with van der Waals surface area (Å²) in [7, 11) is -1.46.